The summed E-state index contributed by atoms with van der Waals surface area (Å²) in [6.45, 7) is 5.56. The van der Waals surface area contributed by atoms with Gasteiger partial charge in [0.2, 0.25) is 0 Å². The van der Waals surface area contributed by atoms with Crippen molar-refractivity contribution in [2.75, 3.05) is 11.9 Å². The largest absolute Gasteiger partial charge is 0.390 e. The molecule has 6 heteroatoms. The molecule has 1 N–H and O–H groups in total. The van der Waals surface area contributed by atoms with Crippen LogP contribution in [0.15, 0.2) is 49.3 Å². The minimum atomic E-state index is -4.19. The number of aromatic nitrogens is 2. The van der Waals surface area contributed by atoms with E-state index in [9.17, 15) is 13.2 Å². The van der Waals surface area contributed by atoms with E-state index in [1.165, 1.54) is 0 Å². The van der Waals surface area contributed by atoms with Gasteiger partial charge < -0.3 is 5.32 Å². The average Bonchev–Trinajstić information content (AvgIpc) is 2.97. The maximum Gasteiger partial charge on any atom is 0.390 e. The van der Waals surface area contributed by atoms with Crippen LogP contribution in [0.3, 0.4) is 0 Å². The maximum atomic E-state index is 12.4. The highest BCUT2D eigenvalue weighted by atomic mass is 19.4. The predicted molar refractivity (Wildman–Crippen MR) is 94.6 cm³/mol. The smallest absolute Gasteiger partial charge is 0.382 e. The molecule has 2 heterocycles. The highest BCUT2D eigenvalue weighted by Gasteiger charge is 2.26. The summed E-state index contributed by atoms with van der Waals surface area (Å²) in [5.41, 5.74) is 4.94. The van der Waals surface area contributed by atoms with Crippen molar-refractivity contribution in [2.24, 2.45) is 0 Å². The van der Waals surface area contributed by atoms with Crippen LogP contribution in [-0.4, -0.2) is 22.1 Å². The van der Waals surface area contributed by atoms with Crippen LogP contribution in [0.25, 0.3) is 23.0 Å². The molecule has 0 spiro atoms. The lowest BCUT2D eigenvalue weighted by atomic mass is 10.1. The zero-order valence-corrected chi connectivity index (χ0v) is 13.8. The second-order valence-electron chi connectivity index (χ2n) is 5.89. The molecule has 130 valence electrons. The molecular formula is C19H18F3N3. The molecule has 0 aliphatic carbocycles. The number of aryl methyl sites for hydroxylation is 1. The molecule has 0 saturated heterocycles. The Kier molecular flexibility index (Phi) is 4.53. The molecule has 3 rings (SSSR count). The Balaban J connectivity index is 2.02. The number of nitrogens with one attached hydrogen (secondary N) is 1. The lowest BCUT2D eigenvalue weighted by Crippen LogP contribution is -2.15. The quantitative estimate of drug-likeness (QED) is 0.678. The van der Waals surface area contributed by atoms with Gasteiger partial charge in [0.05, 0.1) is 24.0 Å². The monoisotopic (exact) mass is 345 g/mol. The van der Waals surface area contributed by atoms with Gasteiger partial charge in [-0.2, -0.15) is 13.2 Å². The molecule has 0 saturated carbocycles. The fraction of sp³-hybridized carbons (Fsp3) is 0.211. The number of anilines is 1. The molecule has 2 aromatic heterocycles. The van der Waals surface area contributed by atoms with Gasteiger partial charge in [0.1, 0.15) is 0 Å². The normalized spacial score (nSPS) is 11.7. The van der Waals surface area contributed by atoms with E-state index >= 15 is 0 Å². The summed E-state index contributed by atoms with van der Waals surface area (Å²) in [5.74, 6) is 0. The Morgan fingerprint density at radius 2 is 2.08 bits per heavy atom. The van der Waals surface area contributed by atoms with Crippen LogP contribution in [0.5, 0.6) is 0 Å². The lowest BCUT2D eigenvalue weighted by Gasteiger charge is -2.12. The number of halogens is 3. The number of fused-ring (bicyclic) bond motifs is 1. The van der Waals surface area contributed by atoms with E-state index in [-0.39, 0.29) is 6.54 Å². The van der Waals surface area contributed by atoms with Crippen molar-refractivity contribution in [1.29, 1.82) is 0 Å². The Morgan fingerprint density at radius 1 is 1.28 bits per heavy atom. The van der Waals surface area contributed by atoms with E-state index < -0.39 is 12.6 Å². The molecule has 1 aromatic carbocycles. The minimum absolute atomic E-state index is 0.202. The number of rotatable bonds is 5. The van der Waals surface area contributed by atoms with Crippen LogP contribution in [0.1, 0.15) is 17.5 Å². The van der Waals surface area contributed by atoms with Gasteiger partial charge in [-0.3, -0.25) is 4.40 Å². The van der Waals surface area contributed by atoms with Crippen LogP contribution < -0.4 is 5.32 Å². The van der Waals surface area contributed by atoms with E-state index in [0.717, 1.165) is 22.4 Å². The molecule has 0 bridgehead atoms. The molecule has 0 amide bonds. The summed E-state index contributed by atoms with van der Waals surface area (Å²) in [6.07, 6.45) is 0.173. The van der Waals surface area contributed by atoms with Gasteiger partial charge in [-0.05, 0) is 24.6 Å². The van der Waals surface area contributed by atoms with E-state index in [1.54, 1.807) is 18.3 Å². The Morgan fingerprint density at radius 3 is 2.76 bits per heavy atom. The molecule has 0 unspecified atom stereocenters. The maximum absolute atomic E-state index is 12.4. The Hall–Kier alpha value is -2.76. The molecule has 0 aliphatic rings. The minimum Gasteiger partial charge on any atom is -0.382 e. The molecule has 0 atom stereocenters. The van der Waals surface area contributed by atoms with E-state index in [1.807, 2.05) is 41.8 Å². The topological polar surface area (TPSA) is 29.3 Å². The van der Waals surface area contributed by atoms with Crippen LogP contribution >= 0.6 is 0 Å². The van der Waals surface area contributed by atoms with E-state index in [0.29, 0.717) is 11.3 Å². The highest BCUT2D eigenvalue weighted by molar-refractivity contribution is 5.76. The molecule has 0 aliphatic heterocycles. The third-order valence-corrected chi connectivity index (χ3v) is 3.90. The van der Waals surface area contributed by atoms with Gasteiger partial charge in [0.25, 0.3) is 0 Å². The molecular weight excluding hydrogens is 327 g/mol. The van der Waals surface area contributed by atoms with Gasteiger partial charge in [-0.1, -0.05) is 36.4 Å². The number of nitrogens with zero attached hydrogens (tertiary/aromatic N) is 2. The van der Waals surface area contributed by atoms with Crippen LogP contribution in [0, 0.1) is 6.92 Å². The number of alkyl halides is 3. The Bertz CT molecular complexity index is 910. The second kappa shape index (κ2) is 6.63. The first-order valence-corrected chi connectivity index (χ1v) is 7.88. The highest BCUT2D eigenvalue weighted by Crippen LogP contribution is 2.27. The molecule has 0 radical (unpaired) electrons. The summed E-state index contributed by atoms with van der Waals surface area (Å²) in [7, 11) is 0. The average molecular weight is 345 g/mol. The first-order valence-electron chi connectivity index (χ1n) is 7.88. The fourth-order valence-corrected chi connectivity index (χ4v) is 2.71. The first kappa shape index (κ1) is 17.1. The summed E-state index contributed by atoms with van der Waals surface area (Å²) >= 11 is 0. The SMILES string of the molecule is C=Cc1cc(NCCC(F)(F)F)c2ncc(-c3cccc(C)c3)n2c1. The molecule has 3 aromatic rings. The van der Waals surface area contributed by atoms with E-state index in [4.69, 9.17) is 0 Å². The number of benzene rings is 1. The van der Waals surface area contributed by atoms with Gasteiger partial charge in [-0.25, -0.2) is 4.98 Å². The lowest BCUT2D eigenvalue weighted by molar-refractivity contribution is -0.131. The third-order valence-electron chi connectivity index (χ3n) is 3.90. The number of hydrogen-bond donors (Lipinski definition) is 1. The first-order chi connectivity index (χ1) is 11.9. The standard InChI is InChI=1S/C19H18F3N3/c1-3-14-10-16(23-8-7-19(20,21)22)18-24-11-17(25(18)12-14)15-6-4-5-13(2)9-15/h3-6,9-12,23H,1,7-8H2,2H3. The van der Waals surface area contributed by atoms with Crippen molar-refractivity contribution in [3.63, 3.8) is 0 Å². The third kappa shape index (κ3) is 3.84. The Labute approximate surface area is 143 Å². The van der Waals surface area contributed by atoms with Gasteiger partial charge >= 0.3 is 6.18 Å². The second-order valence-corrected chi connectivity index (χ2v) is 5.89. The van der Waals surface area contributed by atoms with Crippen LogP contribution in [-0.2, 0) is 0 Å². The van der Waals surface area contributed by atoms with Crippen molar-refractivity contribution in [1.82, 2.24) is 9.38 Å². The van der Waals surface area contributed by atoms with Crippen molar-refractivity contribution in [2.45, 2.75) is 19.5 Å². The summed E-state index contributed by atoms with van der Waals surface area (Å²) in [6, 6.07) is 9.75. The number of imidazole rings is 1. The zero-order valence-electron chi connectivity index (χ0n) is 13.8. The predicted octanol–water partition coefficient (Wildman–Crippen LogP) is 5.32. The summed E-state index contributed by atoms with van der Waals surface area (Å²) in [4.78, 5) is 4.40. The van der Waals surface area contributed by atoms with Crippen LogP contribution in [0.2, 0.25) is 0 Å². The molecule has 0 fully saturated rings. The fourth-order valence-electron chi connectivity index (χ4n) is 2.71. The van der Waals surface area contributed by atoms with Gasteiger partial charge in [0, 0.05) is 18.3 Å². The van der Waals surface area contributed by atoms with Gasteiger partial charge in [-0.15, -0.1) is 0 Å². The summed E-state index contributed by atoms with van der Waals surface area (Å²) in [5, 5.41) is 2.84. The number of pyridine rings is 1. The zero-order chi connectivity index (χ0) is 18.0. The van der Waals surface area contributed by atoms with Crippen molar-refractivity contribution in [3.8, 4) is 11.3 Å². The van der Waals surface area contributed by atoms with Crippen molar-refractivity contribution < 1.29 is 13.2 Å². The van der Waals surface area contributed by atoms with Gasteiger partial charge in [0.15, 0.2) is 5.65 Å². The number of hydrogen-bond acceptors (Lipinski definition) is 2. The van der Waals surface area contributed by atoms with E-state index in [2.05, 4.69) is 16.9 Å². The van der Waals surface area contributed by atoms with Crippen LogP contribution in [0.4, 0.5) is 18.9 Å². The van der Waals surface area contributed by atoms with Crippen molar-refractivity contribution >= 4 is 17.4 Å². The molecule has 25 heavy (non-hydrogen) atoms. The summed E-state index contributed by atoms with van der Waals surface area (Å²) < 4.78 is 39.1. The van der Waals surface area contributed by atoms with Crippen molar-refractivity contribution in [3.05, 3.63) is 60.4 Å². The molecule has 3 nitrogen and oxygen atoms in total.